The molecule has 0 bridgehead atoms. The van der Waals surface area contributed by atoms with Crippen molar-refractivity contribution in [1.82, 2.24) is 4.90 Å². The third-order valence-electron chi connectivity index (χ3n) is 5.18. The second kappa shape index (κ2) is 5.82. The number of carbonyl (C=O) groups excluding carboxylic acids is 1. The van der Waals surface area contributed by atoms with Gasteiger partial charge in [-0.3, -0.25) is 4.79 Å². The summed E-state index contributed by atoms with van der Waals surface area (Å²) < 4.78 is 6.11. The Balaban J connectivity index is 2.77. The van der Waals surface area contributed by atoms with E-state index in [2.05, 4.69) is 65.8 Å². The predicted molar refractivity (Wildman–Crippen MR) is 93.5 cm³/mol. The smallest absolute Gasteiger partial charge is 0.257 e. The van der Waals surface area contributed by atoms with Gasteiger partial charge in [-0.2, -0.15) is 0 Å². The summed E-state index contributed by atoms with van der Waals surface area (Å²) in [6.45, 7) is 12.8. The average molecular weight is 320 g/mol. The highest BCUT2D eigenvalue weighted by Gasteiger charge is 2.74. The Morgan fingerprint density at radius 1 is 1.00 bits per heavy atom. The van der Waals surface area contributed by atoms with Crippen LogP contribution in [0.5, 0.6) is 0 Å². The summed E-state index contributed by atoms with van der Waals surface area (Å²) >= 11 is 0. The maximum atomic E-state index is 13.1. The summed E-state index contributed by atoms with van der Waals surface area (Å²) in [6, 6.07) is 10.6. The zero-order valence-corrected chi connectivity index (χ0v) is 16.9. The number of likely N-dealkylation sites (tertiary alicyclic amines) is 1. The molecule has 1 aromatic rings. The normalized spacial score (nSPS) is 28.8. The van der Waals surface area contributed by atoms with E-state index in [4.69, 9.17) is 4.43 Å². The number of amides is 1. The fourth-order valence-corrected chi connectivity index (χ4v) is 5.48. The molecule has 4 heteroatoms. The van der Waals surface area contributed by atoms with Crippen molar-refractivity contribution in [3.05, 3.63) is 35.9 Å². The second-order valence-electron chi connectivity index (χ2n) is 7.15. The van der Waals surface area contributed by atoms with Gasteiger partial charge in [0.2, 0.25) is 0 Å². The molecule has 1 fully saturated rings. The highest BCUT2D eigenvalue weighted by atomic mass is 28.2. The fourth-order valence-electron chi connectivity index (χ4n) is 4.52. The molecule has 0 saturated carbocycles. The van der Waals surface area contributed by atoms with Gasteiger partial charge < -0.3 is 9.33 Å². The van der Waals surface area contributed by atoms with E-state index in [1.165, 1.54) is 5.56 Å². The number of hydrogen-bond acceptors (Lipinski definition) is 2. The molecule has 1 saturated heterocycles. The SMILES string of the molecule is CC(C)N1C(=O)C(O[SiH3])(C(C)C)C1(c1ccccc1)C(C)C. The van der Waals surface area contributed by atoms with Gasteiger partial charge in [-0.05, 0) is 31.2 Å². The lowest BCUT2D eigenvalue weighted by Gasteiger charge is -2.69. The van der Waals surface area contributed by atoms with Gasteiger partial charge in [-0.1, -0.05) is 58.0 Å². The highest BCUT2D eigenvalue weighted by Crippen LogP contribution is 2.59. The maximum Gasteiger partial charge on any atom is 0.257 e. The first-order valence-corrected chi connectivity index (χ1v) is 9.04. The summed E-state index contributed by atoms with van der Waals surface area (Å²) in [5, 5.41) is 0. The van der Waals surface area contributed by atoms with E-state index < -0.39 is 11.1 Å². The molecule has 3 nitrogen and oxygen atoms in total. The summed E-state index contributed by atoms with van der Waals surface area (Å²) in [4.78, 5) is 15.2. The molecule has 1 aliphatic rings. The second-order valence-corrected chi connectivity index (χ2v) is 7.56. The molecule has 1 aliphatic heterocycles. The van der Waals surface area contributed by atoms with Crippen LogP contribution in [0.15, 0.2) is 30.3 Å². The van der Waals surface area contributed by atoms with Crippen LogP contribution in [0, 0.1) is 11.8 Å². The Bertz CT molecular complexity index is 543. The van der Waals surface area contributed by atoms with E-state index in [1.54, 1.807) is 0 Å². The largest absolute Gasteiger partial charge is 0.412 e. The van der Waals surface area contributed by atoms with Crippen molar-refractivity contribution >= 4 is 16.4 Å². The van der Waals surface area contributed by atoms with Crippen LogP contribution < -0.4 is 0 Å². The summed E-state index contributed by atoms with van der Waals surface area (Å²) in [5.74, 6) is 0.548. The van der Waals surface area contributed by atoms with Crippen LogP contribution in [-0.2, 0) is 14.8 Å². The van der Waals surface area contributed by atoms with E-state index in [0.29, 0.717) is 10.5 Å². The first-order valence-electron chi connectivity index (χ1n) is 8.22. The van der Waals surface area contributed by atoms with Crippen molar-refractivity contribution in [1.29, 1.82) is 0 Å². The van der Waals surface area contributed by atoms with Crippen molar-refractivity contribution in [2.45, 2.75) is 58.7 Å². The van der Waals surface area contributed by atoms with Crippen molar-refractivity contribution in [3.8, 4) is 0 Å². The van der Waals surface area contributed by atoms with Crippen molar-refractivity contribution in [2.24, 2.45) is 11.8 Å². The zero-order valence-electron chi connectivity index (χ0n) is 14.9. The van der Waals surface area contributed by atoms with E-state index >= 15 is 0 Å². The van der Waals surface area contributed by atoms with Gasteiger partial charge in [0.1, 0.15) is 16.0 Å². The molecular weight excluding hydrogens is 290 g/mol. The van der Waals surface area contributed by atoms with Gasteiger partial charge in [0.15, 0.2) is 5.60 Å². The minimum Gasteiger partial charge on any atom is -0.412 e. The number of benzene rings is 1. The van der Waals surface area contributed by atoms with Gasteiger partial charge >= 0.3 is 0 Å². The Labute approximate surface area is 137 Å². The van der Waals surface area contributed by atoms with E-state index in [9.17, 15) is 4.79 Å². The lowest BCUT2D eigenvalue weighted by atomic mass is 9.55. The predicted octanol–water partition coefficient (Wildman–Crippen LogP) is 2.48. The average Bonchev–Trinajstić information content (AvgIpc) is 2.44. The molecule has 122 valence electrons. The van der Waals surface area contributed by atoms with Crippen LogP contribution in [0.4, 0.5) is 0 Å². The minimum atomic E-state index is -0.737. The third-order valence-corrected chi connectivity index (χ3v) is 5.83. The van der Waals surface area contributed by atoms with Gasteiger partial charge in [0, 0.05) is 6.04 Å². The third kappa shape index (κ3) is 1.86. The van der Waals surface area contributed by atoms with Crippen LogP contribution >= 0.6 is 0 Å². The standard InChI is InChI=1S/C18H29NO2Si/c1-12(2)17(15-10-8-7-9-11-15)18(21-22,13(3)4)16(20)19(17)14(5)6/h7-14H,1-6,22H3. The Kier molecular flexibility index (Phi) is 4.55. The van der Waals surface area contributed by atoms with Gasteiger partial charge in [-0.25, -0.2) is 0 Å². The zero-order chi connectivity index (χ0) is 16.7. The van der Waals surface area contributed by atoms with Crippen LogP contribution in [0.3, 0.4) is 0 Å². The van der Waals surface area contributed by atoms with Crippen LogP contribution in [0.1, 0.15) is 47.1 Å². The van der Waals surface area contributed by atoms with Crippen molar-refractivity contribution in [2.75, 3.05) is 0 Å². The molecule has 2 unspecified atom stereocenters. The summed E-state index contributed by atoms with van der Waals surface area (Å²) in [5.41, 5.74) is 0.0527. The Hall–Kier alpha value is -1.13. The fraction of sp³-hybridized carbons (Fsp3) is 0.611. The number of hydrogen-bond donors (Lipinski definition) is 0. The molecule has 0 spiro atoms. The lowest BCUT2D eigenvalue weighted by molar-refractivity contribution is -0.243. The van der Waals surface area contributed by atoms with Crippen LogP contribution in [-0.4, -0.2) is 32.9 Å². The lowest BCUT2D eigenvalue weighted by Crippen LogP contribution is -2.85. The molecule has 2 rings (SSSR count). The monoisotopic (exact) mass is 319 g/mol. The highest BCUT2D eigenvalue weighted by molar-refractivity contribution is 6.04. The Morgan fingerprint density at radius 2 is 1.55 bits per heavy atom. The molecule has 0 radical (unpaired) electrons. The first kappa shape index (κ1) is 17.2. The van der Waals surface area contributed by atoms with E-state index in [-0.39, 0.29) is 23.8 Å². The van der Waals surface area contributed by atoms with E-state index in [0.717, 1.165) is 0 Å². The molecular formula is C18H29NO2Si. The summed E-state index contributed by atoms with van der Waals surface area (Å²) in [7, 11) is 0.551. The molecule has 0 aromatic heterocycles. The number of rotatable bonds is 5. The van der Waals surface area contributed by atoms with Crippen LogP contribution in [0.25, 0.3) is 0 Å². The van der Waals surface area contributed by atoms with Crippen LogP contribution in [0.2, 0.25) is 0 Å². The van der Waals surface area contributed by atoms with Gasteiger partial charge in [-0.15, -0.1) is 0 Å². The molecule has 1 amide bonds. The first-order chi connectivity index (χ1) is 10.3. The quantitative estimate of drug-likeness (QED) is 0.616. The number of β-lactam (4-membered cyclic amide) rings is 1. The number of carbonyl (C=O) groups is 1. The van der Waals surface area contributed by atoms with Gasteiger partial charge in [0.05, 0.1) is 0 Å². The minimum absolute atomic E-state index is 0.134. The van der Waals surface area contributed by atoms with Crippen molar-refractivity contribution in [3.63, 3.8) is 0 Å². The molecule has 0 N–H and O–H groups in total. The number of nitrogens with zero attached hydrogens (tertiary/aromatic N) is 1. The molecule has 2 atom stereocenters. The van der Waals surface area contributed by atoms with Gasteiger partial charge in [0.25, 0.3) is 5.91 Å². The van der Waals surface area contributed by atoms with E-state index in [1.807, 2.05) is 11.0 Å². The topological polar surface area (TPSA) is 29.5 Å². The Morgan fingerprint density at radius 3 is 1.91 bits per heavy atom. The molecule has 1 aromatic carbocycles. The summed E-state index contributed by atoms with van der Waals surface area (Å²) in [6.07, 6.45) is 0. The molecule has 22 heavy (non-hydrogen) atoms. The van der Waals surface area contributed by atoms with Crippen molar-refractivity contribution < 1.29 is 9.22 Å². The maximum absolute atomic E-state index is 13.1. The molecule has 0 aliphatic carbocycles. The molecule has 1 heterocycles.